The summed E-state index contributed by atoms with van der Waals surface area (Å²) in [6.45, 7) is 0.811. The molecule has 1 heterocycles. The van der Waals surface area contributed by atoms with Gasteiger partial charge in [0.1, 0.15) is 0 Å². The number of carbonyl (C=O) groups excluding carboxylic acids is 1. The molecule has 1 saturated heterocycles. The number of halogens is 2. The van der Waals surface area contributed by atoms with Gasteiger partial charge in [0, 0.05) is 17.3 Å². The predicted octanol–water partition coefficient (Wildman–Crippen LogP) is 4.25. The van der Waals surface area contributed by atoms with Gasteiger partial charge < -0.3 is 10.6 Å². The van der Waals surface area contributed by atoms with Gasteiger partial charge in [0.15, 0.2) is 0 Å². The average molecular weight is 351 g/mol. The van der Waals surface area contributed by atoms with Crippen LogP contribution in [-0.4, -0.2) is 17.4 Å². The summed E-state index contributed by atoms with van der Waals surface area (Å²) in [5, 5.41) is 0.718. The van der Waals surface area contributed by atoms with E-state index in [2.05, 4.69) is 0 Å². The van der Waals surface area contributed by atoms with E-state index in [1.165, 1.54) is 0 Å². The molecule has 2 N–H and O–H groups in total. The molecule has 1 fully saturated rings. The van der Waals surface area contributed by atoms with Crippen molar-refractivity contribution in [3.05, 3.63) is 64.7 Å². The molecule has 0 aliphatic carbocycles. The molecule has 1 aliphatic rings. The normalized spacial score (nSPS) is 16.9. The number of carbonyl (C=O) groups is 1. The molecule has 0 bridgehead atoms. The summed E-state index contributed by atoms with van der Waals surface area (Å²) < 4.78 is 0. The van der Waals surface area contributed by atoms with Crippen molar-refractivity contribution >= 4 is 35.6 Å². The Bertz CT molecular complexity index is 673. The molecule has 1 unspecified atom stereocenters. The summed E-state index contributed by atoms with van der Waals surface area (Å²) in [6.07, 6.45) is 2.44. The van der Waals surface area contributed by atoms with Crippen LogP contribution in [0.15, 0.2) is 48.5 Å². The number of likely N-dealkylation sites (tertiary alicyclic amines) is 1. The van der Waals surface area contributed by atoms with Crippen LogP contribution < -0.4 is 5.73 Å². The van der Waals surface area contributed by atoms with E-state index in [9.17, 15) is 4.79 Å². The molecule has 1 amide bonds. The second-order valence-electron chi connectivity index (χ2n) is 5.72. The highest BCUT2D eigenvalue weighted by atomic mass is 35.5. The van der Waals surface area contributed by atoms with Crippen LogP contribution in [0.25, 0.3) is 0 Å². The monoisotopic (exact) mass is 350 g/mol. The maximum atomic E-state index is 12.6. The van der Waals surface area contributed by atoms with Crippen LogP contribution in [0.1, 0.15) is 30.0 Å². The number of nitrogens with two attached hydrogens (primary N) is 1. The van der Waals surface area contributed by atoms with Crippen molar-refractivity contribution < 1.29 is 4.79 Å². The fraction of sp³-hybridized carbons (Fsp3) is 0.278. The predicted molar refractivity (Wildman–Crippen MR) is 96.9 cm³/mol. The lowest BCUT2D eigenvalue weighted by Crippen LogP contribution is -2.31. The van der Waals surface area contributed by atoms with E-state index in [1.807, 2.05) is 53.4 Å². The van der Waals surface area contributed by atoms with Crippen molar-refractivity contribution in [2.75, 3.05) is 12.3 Å². The fourth-order valence-electron chi connectivity index (χ4n) is 3.04. The molecule has 2 aromatic carbocycles. The zero-order valence-electron chi connectivity index (χ0n) is 12.7. The zero-order valence-corrected chi connectivity index (χ0v) is 14.3. The Morgan fingerprint density at radius 3 is 2.65 bits per heavy atom. The Labute approximate surface area is 147 Å². The van der Waals surface area contributed by atoms with E-state index in [0.717, 1.165) is 35.5 Å². The van der Waals surface area contributed by atoms with Crippen LogP contribution >= 0.6 is 24.0 Å². The van der Waals surface area contributed by atoms with Gasteiger partial charge in [-0.05, 0) is 48.2 Å². The number of benzene rings is 2. The summed E-state index contributed by atoms with van der Waals surface area (Å²) in [6, 6.07) is 15.4. The van der Waals surface area contributed by atoms with Gasteiger partial charge in [0.25, 0.3) is 0 Å². The summed E-state index contributed by atoms with van der Waals surface area (Å²) >= 11 is 6.08. The zero-order chi connectivity index (χ0) is 15.5. The number of nitrogen functional groups attached to an aromatic ring is 1. The van der Waals surface area contributed by atoms with Gasteiger partial charge in [0.2, 0.25) is 5.91 Å². The molecule has 0 aromatic heterocycles. The lowest BCUT2D eigenvalue weighted by atomic mass is 10.0. The van der Waals surface area contributed by atoms with E-state index in [-0.39, 0.29) is 24.4 Å². The van der Waals surface area contributed by atoms with Gasteiger partial charge in [-0.2, -0.15) is 0 Å². The minimum Gasteiger partial charge on any atom is -0.399 e. The molecule has 3 nitrogen and oxygen atoms in total. The molecule has 1 atom stereocenters. The van der Waals surface area contributed by atoms with Crippen LogP contribution in [0.5, 0.6) is 0 Å². The van der Waals surface area contributed by atoms with Crippen molar-refractivity contribution in [3.63, 3.8) is 0 Å². The van der Waals surface area contributed by atoms with Gasteiger partial charge in [-0.1, -0.05) is 35.9 Å². The molecule has 0 spiro atoms. The Hall–Kier alpha value is -1.71. The molecule has 1 aliphatic heterocycles. The molecule has 5 heteroatoms. The summed E-state index contributed by atoms with van der Waals surface area (Å²) in [5.41, 5.74) is 8.52. The standard InChI is InChI=1S/C18H19ClN2O.ClH/c19-15-4-1-3-14(12-15)17-5-2-10-21(17)18(22)11-13-6-8-16(20)9-7-13;/h1,3-4,6-9,12,17H,2,5,10-11,20H2;1H. The van der Waals surface area contributed by atoms with Crippen molar-refractivity contribution in [2.45, 2.75) is 25.3 Å². The third kappa shape index (κ3) is 4.18. The van der Waals surface area contributed by atoms with Crippen molar-refractivity contribution in [1.82, 2.24) is 4.90 Å². The van der Waals surface area contributed by atoms with E-state index >= 15 is 0 Å². The highest BCUT2D eigenvalue weighted by Crippen LogP contribution is 2.33. The molecule has 23 heavy (non-hydrogen) atoms. The molecular weight excluding hydrogens is 331 g/mol. The van der Waals surface area contributed by atoms with Crippen LogP contribution in [0.3, 0.4) is 0 Å². The number of nitrogens with zero attached hydrogens (tertiary/aromatic N) is 1. The van der Waals surface area contributed by atoms with E-state index in [1.54, 1.807) is 0 Å². The molecule has 122 valence electrons. The van der Waals surface area contributed by atoms with Crippen LogP contribution in [0, 0.1) is 0 Å². The van der Waals surface area contributed by atoms with Gasteiger partial charge in [0.05, 0.1) is 12.5 Å². The van der Waals surface area contributed by atoms with Gasteiger partial charge in [-0.25, -0.2) is 0 Å². The highest BCUT2D eigenvalue weighted by molar-refractivity contribution is 6.30. The number of hydrogen-bond acceptors (Lipinski definition) is 2. The van der Waals surface area contributed by atoms with Crippen molar-refractivity contribution in [3.8, 4) is 0 Å². The minimum absolute atomic E-state index is 0. The molecule has 3 rings (SSSR count). The third-order valence-electron chi connectivity index (χ3n) is 4.14. The Morgan fingerprint density at radius 2 is 1.96 bits per heavy atom. The SMILES string of the molecule is Cl.Nc1ccc(CC(=O)N2CCCC2c2cccc(Cl)c2)cc1. The smallest absolute Gasteiger partial charge is 0.227 e. The van der Waals surface area contributed by atoms with Gasteiger partial charge in [-0.15, -0.1) is 12.4 Å². The summed E-state index contributed by atoms with van der Waals surface area (Å²) in [4.78, 5) is 14.6. The fourth-order valence-corrected chi connectivity index (χ4v) is 3.24. The van der Waals surface area contributed by atoms with Crippen LogP contribution in [0.2, 0.25) is 5.02 Å². The van der Waals surface area contributed by atoms with Gasteiger partial charge in [-0.3, -0.25) is 4.79 Å². The first kappa shape index (κ1) is 17.6. The molecular formula is C18H20Cl2N2O. The van der Waals surface area contributed by atoms with Crippen molar-refractivity contribution in [2.24, 2.45) is 0 Å². The summed E-state index contributed by atoms with van der Waals surface area (Å²) in [5.74, 6) is 0.159. The maximum absolute atomic E-state index is 12.6. The number of rotatable bonds is 3. The minimum atomic E-state index is 0. The second kappa shape index (κ2) is 7.71. The molecule has 0 saturated carbocycles. The van der Waals surface area contributed by atoms with Crippen molar-refractivity contribution in [1.29, 1.82) is 0 Å². The average Bonchev–Trinajstić information content (AvgIpc) is 2.99. The first-order valence-corrected chi connectivity index (χ1v) is 7.90. The number of amides is 1. The van der Waals surface area contributed by atoms with E-state index in [0.29, 0.717) is 12.1 Å². The number of anilines is 1. The number of hydrogen-bond donors (Lipinski definition) is 1. The second-order valence-corrected chi connectivity index (χ2v) is 6.15. The van der Waals surface area contributed by atoms with E-state index in [4.69, 9.17) is 17.3 Å². The molecule has 2 aromatic rings. The maximum Gasteiger partial charge on any atom is 0.227 e. The van der Waals surface area contributed by atoms with E-state index < -0.39 is 0 Å². The third-order valence-corrected chi connectivity index (χ3v) is 4.38. The van der Waals surface area contributed by atoms with Gasteiger partial charge >= 0.3 is 0 Å². The first-order valence-electron chi connectivity index (χ1n) is 7.53. The molecule has 0 radical (unpaired) electrons. The van der Waals surface area contributed by atoms with Crippen LogP contribution in [-0.2, 0) is 11.2 Å². The Balaban J connectivity index is 0.00000192. The topological polar surface area (TPSA) is 46.3 Å². The Kier molecular flexibility index (Phi) is 5.91. The van der Waals surface area contributed by atoms with Crippen LogP contribution in [0.4, 0.5) is 5.69 Å². The highest BCUT2D eigenvalue weighted by Gasteiger charge is 2.29. The summed E-state index contributed by atoms with van der Waals surface area (Å²) in [7, 11) is 0. The lowest BCUT2D eigenvalue weighted by molar-refractivity contribution is -0.131. The Morgan fingerprint density at radius 1 is 1.22 bits per heavy atom. The first-order chi connectivity index (χ1) is 10.6. The lowest BCUT2D eigenvalue weighted by Gasteiger charge is -2.25. The quantitative estimate of drug-likeness (QED) is 0.841. The largest absolute Gasteiger partial charge is 0.399 e.